The number of hydrogen-bond acceptors (Lipinski definition) is 4. The Labute approximate surface area is 115 Å². The zero-order valence-electron chi connectivity index (χ0n) is 10.1. The lowest BCUT2D eigenvalue weighted by atomic mass is 10.1. The molecule has 1 heterocycles. The molecule has 1 unspecified atom stereocenters. The zero-order chi connectivity index (χ0) is 13.0. The second-order valence-corrected chi connectivity index (χ2v) is 4.99. The SMILES string of the molecule is CC(N)CNc1ncc(-c2ccccc2Br)cn1. The molecular weight excluding hydrogens is 292 g/mol. The highest BCUT2D eigenvalue weighted by atomic mass is 79.9. The molecule has 5 heteroatoms. The van der Waals surface area contributed by atoms with Gasteiger partial charge in [-0.3, -0.25) is 0 Å². The molecule has 0 aliphatic heterocycles. The van der Waals surface area contributed by atoms with E-state index >= 15 is 0 Å². The summed E-state index contributed by atoms with van der Waals surface area (Å²) in [5, 5.41) is 3.08. The van der Waals surface area contributed by atoms with E-state index in [1.165, 1.54) is 0 Å². The van der Waals surface area contributed by atoms with E-state index in [9.17, 15) is 0 Å². The molecule has 3 N–H and O–H groups in total. The van der Waals surface area contributed by atoms with Crippen LogP contribution in [0.15, 0.2) is 41.1 Å². The molecule has 0 saturated carbocycles. The summed E-state index contributed by atoms with van der Waals surface area (Å²) in [6, 6.07) is 8.07. The molecule has 94 valence electrons. The highest BCUT2D eigenvalue weighted by Gasteiger charge is 2.04. The number of rotatable bonds is 4. The lowest BCUT2D eigenvalue weighted by Gasteiger charge is -2.08. The van der Waals surface area contributed by atoms with Gasteiger partial charge in [0.05, 0.1) is 0 Å². The van der Waals surface area contributed by atoms with Crippen LogP contribution < -0.4 is 11.1 Å². The largest absolute Gasteiger partial charge is 0.353 e. The van der Waals surface area contributed by atoms with Gasteiger partial charge in [0, 0.05) is 35.0 Å². The summed E-state index contributed by atoms with van der Waals surface area (Å²) >= 11 is 3.51. The predicted molar refractivity (Wildman–Crippen MR) is 77.3 cm³/mol. The molecule has 2 rings (SSSR count). The summed E-state index contributed by atoms with van der Waals surface area (Å²) in [6.07, 6.45) is 3.60. The lowest BCUT2D eigenvalue weighted by molar-refractivity contribution is 0.773. The quantitative estimate of drug-likeness (QED) is 0.911. The summed E-state index contributed by atoms with van der Waals surface area (Å²) in [5.41, 5.74) is 7.72. The number of hydrogen-bond donors (Lipinski definition) is 2. The summed E-state index contributed by atoms with van der Waals surface area (Å²) in [7, 11) is 0. The minimum Gasteiger partial charge on any atom is -0.353 e. The average molecular weight is 307 g/mol. The molecule has 0 spiro atoms. The Morgan fingerprint density at radius 3 is 2.56 bits per heavy atom. The molecule has 0 amide bonds. The Kier molecular flexibility index (Phi) is 4.28. The summed E-state index contributed by atoms with van der Waals surface area (Å²) < 4.78 is 1.03. The van der Waals surface area contributed by atoms with E-state index in [1.54, 1.807) is 12.4 Å². The Balaban J connectivity index is 2.15. The molecule has 0 saturated heterocycles. The number of nitrogens with one attached hydrogen (secondary N) is 1. The number of benzene rings is 1. The van der Waals surface area contributed by atoms with Gasteiger partial charge in [-0.2, -0.15) is 0 Å². The minimum absolute atomic E-state index is 0.0801. The van der Waals surface area contributed by atoms with Crippen molar-refractivity contribution in [2.24, 2.45) is 5.73 Å². The third-order valence-corrected chi connectivity index (χ3v) is 3.11. The first-order valence-corrected chi connectivity index (χ1v) is 6.52. The van der Waals surface area contributed by atoms with Crippen LogP contribution in [0.2, 0.25) is 0 Å². The molecule has 0 fully saturated rings. The number of nitrogens with zero attached hydrogens (tertiary/aromatic N) is 2. The van der Waals surface area contributed by atoms with Crippen LogP contribution in [0.1, 0.15) is 6.92 Å². The van der Waals surface area contributed by atoms with Gasteiger partial charge >= 0.3 is 0 Å². The maximum Gasteiger partial charge on any atom is 0.222 e. The smallest absolute Gasteiger partial charge is 0.222 e. The second-order valence-electron chi connectivity index (χ2n) is 4.13. The van der Waals surface area contributed by atoms with Crippen molar-refractivity contribution >= 4 is 21.9 Å². The topological polar surface area (TPSA) is 63.8 Å². The van der Waals surface area contributed by atoms with Gasteiger partial charge in [-0.1, -0.05) is 34.1 Å². The van der Waals surface area contributed by atoms with Crippen molar-refractivity contribution in [3.8, 4) is 11.1 Å². The van der Waals surface area contributed by atoms with Crippen LogP contribution in [0.4, 0.5) is 5.95 Å². The van der Waals surface area contributed by atoms with E-state index in [-0.39, 0.29) is 6.04 Å². The first-order valence-electron chi connectivity index (χ1n) is 5.73. The standard InChI is InChI=1S/C13H15BrN4/c1-9(15)6-16-13-17-7-10(8-18-13)11-4-2-3-5-12(11)14/h2-5,7-9H,6,15H2,1H3,(H,16,17,18). The number of aromatic nitrogens is 2. The van der Waals surface area contributed by atoms with Gasteiger partial charge in [0.1, 0.15) is 0 Å². The third kappa shape index (κ3) is 3.27. The van der Waals surface area contributed by atoms with Crippen LogP contribution in [-0.4, -0.2) is 22.6 Å². The first-order chi connectivity index (χ1) is 8.66. The minimum atomic E-state index is 0.0801. The molecule has 4 nitrogen and oxygen atoms in total. The fourth-order valence-electron chi connectivity index (χ4n) is 1.51. The van der Waals surface area contributed by atoms with E-state index < -0.39 is 0 Å². The van der Waals surface area contributed by atoms with Gasteiger partial charge in [0.25, 0.3) is 0 Å². The van der Waals surface area contributed by atoms with Crippen LogP contribution in [0.3, 0.4) is 0 Å². The molecular formula is C13H15BrN4. The Bertz CT molecular complexity index is 511. The van der Waals surface area contributed by atoms with Crippen molar-refractivity contribution in [1.29, 1.82) is 0 Å². The summed E-state index contributed by atoms with van der Waals surface area (Å²) in [5.74, 6) is 0.600. The van der Waals surface area contributed by atoms with Gasteiger partial charge in [0.2, 0.25) is 5.95 Å². The first kappa shape index (κ1) is 13.0. The van der Waals surface area contributed by atoms with E-state index in [2.05, 4.69) is 31.2 Å². The molecule has 0 aliphatic rings. The number of anilines is 1. The van der Waals surface area contributed by atoms with Crippen molar-refractivity contribution in [1.82, 2.24) is 9.97 Å². The van der Waals surface area contributed by atoms with Gasteiger partial charge in [0.15, 0.2) is 0 Å². The zero-order valence-corrected chi connectivity index (χ0v) is 11.7. The second kappa shape index (κ2) is 5.93. The van der Waals surface area contributed by atoms with Crippen molar-refractivity contribution in [2.75, 3.05) is 11.9 Å². The molecule has 0 bridgehead atoms. The van der Waals surface area contributed by atoms with E-state index in [0.29, 0.717) is 12.5 Å². The Hall–Kier alpha value is -1.46. The monoisotopic (exact) mass is 306 g/mol. The lowest BCUT2D eigenvalue weighted by Crippen LogP contribution is -2.25. The fourth-order valence-corrected chi connectivity index (χ4v) is 2.02. The van der Waals surface area contributed by atoms with Crippen molar-refractivity contribution in [2.45, 2.75) is 13.0 Å². The molecule has 1 aromatic carbocycles. The normalized spacial score (nSPS) is 12.2. The maximum absolute atomic E-state index is 5.66. The van der Waals surface area contributed by atoms with Crippen molar-refractivity contribution in [3.05, 3.63) is 41.1 Å². The van der Waals surface area contributed by atoms with Crippen LogP contribution in [0, 0.1) is 0 Å². The van der Waals surface area contributed by atoms with Gasteiger partial charge in [-0.05, 0) is 18.6 Å². The van der Waals surface area contributed by atoms with Gasteiger partial charge in [-0.25, -0.2) is 9.97 Å². The highest BCUT2D eigenvalue weighted by molar-refractivity contribution is 9.10. The third-order valence-electron chi connectivity index (χ3n) is 2.42. The molecule has 2 aromatic rings. The van der Waals surface area contributed by atoms with Gasteiger partial charge < -0.3 is 11.1 Å². The molecule has 1 aromatic heterocycles. The van der Waals surface area contributed by atoms with Crippen LogP contribution in [0.25, 0.3) is 11.1 Å². The number of nitrogens with two attached hydrogens (primary N) is 1. The van der Waals surface area contributed by atoms with Gasteiger partial charge in [-0.15, -0.1) is 0 Å². The van der Waals surface area contributed by atoms with Crippen LogP contribution >= 0.6 is 15.9 Å². The van der Waals surface area contributed by atoms with Crippen molar-refractivity contribution < 1.29 is 0 Å². The molecule has 18 heavy (non-hydrogen) atoms. The average Bonchev–Trinajstić information content (AvgIpc) is 2.38. The Morgan fingerprint density at radius 2 is 1.94 bits per heavy atom. The highest BCUT2D eigenvalue weighted by Crippen LogP contribution is 2.26. The Morgan fingerprint density at radius 1 is 1.28 bits per heavy atom. The maximum atomic E-state index is 5.66. The van der Waals surface area contributed by atoms with E-state index in [0.717, 1.165) is 15.6 Å². The van der Waals surface area contributed by atoms with Crippen LogP contribution in [-0.2, 0) is 0 Å². The predicted octanol–water partition coefficient (Wildman–Crippen LogP) is 2.67. The van der Waals surface area contributed by atoms with E-state index in [4.69, 9.17) is 5.73 Å². The van der Waals surface area contributed by atoms with E-state index in [1.807, 2.05) is 31.2 Å². The molecule has 0 radical (unpaired) electrons. The molecule has 1 atom stereocenters. The summed E-state index contributed by atoms with van der Waals surface area (Å²) in [6.45, 7) is 2.59. The fraction of sp³-hybridized carbons (Fsp3) is 0.231. The summed E-state index contributed by atoms with van der Waals surface area (Å²) in [4.78, 5) is 8.54. The number of halogens is 1. The van der Waals surface area contributed by atoms with Crippen LogP contribution in [0.5, 0.6) is 0 Å². The molecule has 0 aliphatic carbocycles. The van der Waals surface area contributed by atoms with Crippen molar-refractivity contribution in [3.63, 3.8) is 0 Å².